The Balaban J connectivity index is 0.000000111. The third kappa shape index (κ3) is 10.6. The zero-order valence-electron chi connectivity index (χ0n) is 62.1. The van der Waals surface area contributed by atoms with E-state index in [9.17, 15) is 33.9 Å². The number of carboxylic acids is 1. The number of fused-ring (bicyclic) bond motifs is 6. The molecule has 0 amide bonds. The number of esters is 2. The van der Waals surface area contributed by atoms with Crippen molar-refractivity contribution in [3.05, 3.63) is 123 Å². The summed E-state index contributed by atoms with van der Waals surface area (Å²) >= 11 is 0. The Morgan fingerprint density at radius 1 is 0.440 bits per heavy atom. The summed E-state index contributed by atoms with van der Waals surface area (Å²) in [7, 11) is 5.26. The molecule has 12 heterocycles. The van der Waals surface area contributed by atoms with Crippen molar-refractivity contribution in [2.75, 3.05) is 29.2 Å². The maximum Gasteiger partial charge on any atom is 0.330 e. The molecule has 4 N–H and O–H groups in total. The Hall–Kier alpha value is -11.3. The fourth-order valence-corrected chi connectivity index (χ4v) is 23.1. The third-order valence-corrected chi connectivity index (χ3v) is 26.4. The van der Waals surface area contributed by atoms with Crippen LogP contribution >= 0.6 is 0 Å². The first-order valence-corrected chi connectivity index (χ1v) is 38.0. The highest BCUT2D eigenvalue weighted by molar-refractivity contribution is 5.81. The zero-order valence-corrected chi connectivity index (χ0v) is 62.1. The summed E-state index contributed by atoms with van der Waals surface area (Å²) in [6, 6.07) is 5.81. The van der Waals surface area contributed by atoms with Gasteiger partial charge in [0, 0.05) is 21.1 Å². The molecular formula is C76H86N24O9. The molecule has 12 aromatic rings. The highest BCUT2D eigenvalue weighted by Gasteiger charge is 2.66. The lowest BCUT2D eigenvalue weighted by atomic mass is 9.46. The number of aliphatic carboxylic acids is 1. The standard InChI is InChI=1S/2C26H30N8O3.C24H26N8O3/c2*1-4-37-22(35)25-7-16-6-17(8-25)10-26(9-16,13-25)34-21-19(32(3)24(34)36)11-27-23(31-21)30-18-12-33-20(5-15(18)2)28-14-29-33;1-13-3-18-26-12-27-31(18)10-16(13)28-21-25-9-17-19(29-21)32(22(35)30(17)2)24-7-14-4-15(8-24)6-23(5-14,11-24)20(33)34/h2*5,11-12,14,16-17H,4,6-10,13H2,1-3H3,(H,27,30,31);3,9-10,12,14-15H,4-8,11H2,1-2H3,(H,33,34)(H,25,28,29). The van der Waals surface area contributed by atoms with Gasteiger partial charge in [0.2, 0.25) is 17.8 Å². The van der Waals surface area contributed by atoms with Gasteiger partial charge in [0.25, 0.3) is 0 Å². The minimum absolute atomic E-state index is 0.0993. The minimum Gasteiger partial charge on any atom is -0.481 e. The van der Waals surface area contributed by atoms with Crippen LogP contribution in [0.3, 0.4) is 0 Å². The van der Waals surface area contributed by atoms with Gasteiger partial charge in [-0.15, -0.1) is 0 Å². The van der Waals surface area contributed by atoms with Gasteiger partial charge in [-0.25, -0.2) is 57.8 Å². The molecule has 12 aliphatic rings. The molecule has 109 heavy (non-hydrogen) atoms. The molecule has 0 radical (unpaired) electrons. The molecule has 0 aliphatic heterocycles. The first-order valence-electron chi connectivity index (χ1n) is 38.0. The second-order valence-corrected chi connectivity index (χ2v) is 33.6. The van der Waals surface area contributed by atoms with E-state index in [1.165, 1.54) is 19.0 Å². The molecule has 12 aliphatic carbocycles. The summed E-state index contributed by atoms with van der Waals surface area (Å²) in [5.74, 6) is 2.53. The maximum absolute atomic E-state index is 13.7. The van der Waals surface area contributed by atoms with Gasteiger partial charge in [-0.1, -0.05) is 0 Å². The lowest BCUT2D eigenvalue weighted by Gasteiger charge is -2.60. The number of ether oxygens (including phenoxy) is 2. The monoisotopic (exact) mass is 1480 g/mol. The molecule has 12 bridgehead atoms. The Morgan fingerprint density at radius 2 is 0.725 bits per heavy atom. The number of rotatable bonds is 14. The number of carbonyl (C=O) groups is 3. The largest absolute Gasteiger partial charge is 0.481 e. The Bertz CT molecular complexity index is 5720. The summed E-state index contributed by atoms with van der Waals surface area (Å²) in [4.78, 5) is 121. The molecule has 24 rings (SSSR count). The topological polar surface area (TPSA) is 375 Å². The van der Waals surface area contributed by atoms with Gasteiger partial charge < -0.3 is 30.5 Å². The molecule has 0 spiro atoms. The van der Waals surface area contributed by atoms with E-state index in [0.29, 0.717) is 132 Å². The number of aryl methyl sites for hydroxylation is 6. The van der Waals surface area contributed by atoms with Gasteiger partial charge in [0.15, 0.2) is 33.9 Å². The number of carbonyl (C=O) groups excluding carboxylic acids is 2. The van der Waals surface area contributed by atoms with Crippen LogP contribution < -0.4 is 33.0 Å². The quantitative estimate of drug-likeness (QED) is 0.0738. The molecule has 33 nitrogen and oxygen atoms in total. The molecule has 0 saturated heterocycles. The number of hydrogen-bond acceptors (Lipinski definition) is 23. The predicted molar refractivity (Wildman–Crippen MR) is 397 cm³/mol. The summed E-state index contributed by atoms with van der Waals surface area (Å²) in [5, 5.41) is 32.7. The average Bonchev–Trinajstić information content (AvgIpc) is 1.69. The van der Waals surface area contributed by atoms with Crippen LogP contribution in [0.15, 0.2) is 88.7 Å². The zero-order chi connectivity index (χ0) is 75.2. The summed E-state index contributed by atoms with van der Waals surface area (Å²) < 4.78 is 26.6. The number of nitrogens with one attached hydrogen (secondary N) is 3. The Labute approximate surface area is 621 Å². The number of carboxylic acid groups (broad SMARTS) is 1. The van der Waals surface area contributed by atoms with Crippen molar-refractivity contribution in [2.45, 2.75) is 167 Å². The van der Waals surface area contributed by atoms with E-state index in [1.54, 1.807) is 71.5 Å². The Kier molecular flexibility index (Phi) is 15.3. The van der Waals surface area contributed by atoms with Crippen LogP contribution in [0, 0.1) is 72.5 Å². The predicted octanol–water partition coefficient (Wildman–Crippen LogP) is 8.77. The highest BCUT2D eigenvalue weighted by atomic mass is 16.5. The lowest BCUT2D eigenvalue weighted by molar-refractivity contribution is -0.178. The summed E-state index contributed by atoms with van der Waals surface area (Å²) in [5.41, 5.74) is 7.76. The van der Waals surface area contributed by atoms with Crippen LogP contribution in [-0.2, 0) is 61.6 Å². The van der Waals surface area contributed by atoms with E-state index in [1.807, 2.05) is 80.5 Å². The van der Waals surface area contributed by atoms with Crippen molar-refractivity contribution < 1.29 is 29.0 Å². The van der Waals surface area contributed by atoms with E-state index < -0.39 is 38.8 Å². The number of aromatic nitrogens is 21. The van der Waals surface area contributed by atoms with Crippen molar-refractivity contribution in [3.8, 4) is 0 Å². The lowest BCUT2D eigenvalue weighted by Crippen LogP contribution is -2.61. The number of pyridine rings is 3. The van der Waals surface area contributed by atoms with Gasteiger partial charge in [-0.05, 0) is 221 Å². The molecule has 6 atom stereocenters. The van der Waals surface area contributed by atoms with Gasteiger partial charge >= 0.3 is 35.0 Å². The SMILES string of the molecule is CCOC(=O)C12CC3CC(C1)CC(n1c(=O)n(C)c4cnc(Nc5cn6ncnc6cc5C)nc41)(C3)C2.CCOC(=O)C12CC3CC(C1)CC(n1c(=O)n(C)c4cnc(Nc5cn6ncnc6cc5C)nc41)(C3)C2.Cc1cc2ncnn2cc1Nc1ncc2c(n1)n(C13CC4CC(CC(C(=O)O)(C4)C1)C3)c(=O)n2C. The van der Waals surface area contributed by atoms with Crippen LogP contribution in [0.25, 0.3) is 50.4 Å². The van der Waals surface area contributed by atoms with Crippen LogP contribution in [0.5, 0.6) is 0 Å². The van der Waals surface area contributed by atoms with Crippen LogP contribution in [0.2, 0.25) is 0 Å². The smallest absolute Gasteiger partial charge is 0.330 e. The molecule has 12 aromatic heterocycles. The average molecular weight is 1480 g/mol. The van der Waals surface area contributed by atoms with Gasteiger partial charge in [0.1, 0.15) is 35.5 Å². The number of imidazole rings is 3. The maximum atomic E-state index is 13.7. The van der Waals surface area contributed by atoms with Crippen LogP contribution in [-0.4, -0.2) is 137 Å². The van der Waals surface area contributed by atoms with Gasteiger partial charge in [-0.2, -0.15) is 30.2 Å². The van der Waals surface area contributed by atoms with Crippen molar-refractivity contribution in [3.63, 3.8) is 0 Å². The second kappa shape index (κ2) is 24.4. The molecule has 12 saturated carbocycles. The van der Waals surface area contributed by atoms with Crippen molar-refractivity contribution in [2.24, 2.45) is 72.9 Å². The molecular weight excluding hydrogens is 1390 g/mol. The second-order valence-electron chi connectivity index (χ2n) is 33.6. The normalized spacial score (nSPS) is 28.6. The number of nitrogens with zero attached hydrogens (tertiary/aromatic N) is 21. The van der Waals surface area contributed by atoms with E-state index >= 15 is 0 Å². The fourth-order valence-electron chi connectivity index (χ4n) is 23.1. The molecule has 564 valence electrons. The summed E-state index contributed by atoms with van der Waals surface area (Å²) in [6.07, 6.45) is 30.2. The fraction of sp³-hybridized carbons (Fsp3) is 0.526. The molecule has 12 fully saturated rings. The highest BCUT2D eigenvalue weighted by Crippen LogP contribution is 2.67. The first kappa shape index (κ1) is 68.3. The molecule has 0 aromatic carbocycles. The number of hydrogen-bond donors (Lipinski definition) is 4. The van der Waals surface area contributed by atoms with Crippen LogP contribution in [0.1, 0.15) is 146 Å². The van der Waals surface area contributed by atoms with E-state index in [2.05, 4.69) is 61.2 Å². The molecule has 33 heteroatoms. The van der Waals surface area contributed by atoms with E-state index in [-0.39, 0.29) is 29.0 Å². The van der Waals surface area contributed by atoms with Crippen LogP contribution in [0.4, 0.5) is 34.9 Å². The van der Waals surface area contributed by atoms with Crippen molar-refractivity contribution >= 4 is 103 Å². The van der Waals surface area contributed by atoms with E-state index in [0.717, 1.165) is 134 Å². The van der Waals surface area contributed by atoms with Gasteiger partial charge in [-0.3, -0.25) is 41.8 Å². The minimum atomic E-state index is -0.746. The van der Waals surface area contributed by atoms with Gasteiger partial charge in [0.05, 0.1) is 100 Å². The molecule has 6 unspecified atom stereocenters. The first-order chi connectivity index (χ1) is 52.4. The third-order valence-electron chi connectivity index (χ3n) is 26.4. The summed E-state index contributed by atoms with van der Waals surface area (Å²) in [6.45, 7) is 10.4. The van der Waals surface area contributed by atoms with Crippen molar-refractivity contribution in [1.29, 1.82) is 0 Å². The number of anilines is 6. The van der Waals surface area contributed by atoms with E-state index in [4.69, 9.17) is 24.4 Å². The van der Waals surface area contributed by atoms with Crippen molar-refractivity contribution in [1.82, 2.24) is 101 Å². The Morgan fingerprint density at radius 3 is 1.01 bits per heavy atom.